The van der Waals surface area contributed by atoms with E-state index in [-0.39, 0.29) is 17.4 Å². The fourth-order valence-corrected chi connectivity index (χ4v) is 4.38. The highest BCUT2D eigenvalue weighted by Gasteiger charge is 2.27. The zero-order valence-corrected chi connectivity index (χ0v) is 18.0. The van der Waals surface area contributed by atoms with Gasteiger partial charge < -0.3 is 5.32 Å². The second kappa shape index (κ2) is 9.89. The maximum atomic E-state index is 13.0. The zero-order valence-electron chi connectivity index (χ0n) is 16.5. The molecule has 0 fully saturated rings. The molecule has 0 saturated heterocycles. The first-order chi connectivity index (χ1) is 14.3. The van der Waals surface area contributed by atoms with Crippen LogP contribution in [0.25, 0.3) is 0 Å². The van der Waals surface area contributed by atoms with Crippen LogP contribution in [-0.4, -0.2) is 20.4 Å². The van der Waals surface area contributed by atoms with Gasteiger partial charge in [0.1, 0.15) is 6.04 Å². The Morgan fingerprint density at radius 3 is 2.07 bits per heavy atom. The fourth-order valence-electron chi connectivity index (χ4n) is 3.04. The van der Waals surface area contributed by atoms with Gasteiger partial charge in [0.05, 0.1) is 10.9 Å². The second-order valence-electron chi connectivity index (χ2n) is 6.96. The van der Waals surface area contributed by atoms with E-state index in [0.717, 1.165) is 11.1 Å². The normalized spacial score (nSPS) is 13.4. The molecule has 3 aromatic carbocycles. The third-order valence-corrected chi connectivity index (χ3v) is 6.42. The van der Waals surface area contributed by atoms with Gasteiger partial charge in [-0.2, -0.15) is 4.72 Å². The van der Waals surface area contributed by atoms with Crippen LogP contribution >= 0.6 is 11.6 Å². The number of halogens is 1. The maximum Gasteiger partial charge on any atom is 0.241 e. The van der Waals surface area contributed by atoms with Crippen molar-refractivity contribution < 1.29 is 13.2 Å². The van der Waals surface area contributed by atoms with Gasteiger partial charge in [-0.25, -0.2) is 8.42 Å². The number of nitrogens with one attached hydrogen (secondary N) is 2. The Kier molecular flexibility index (Phi) is 7.26. The Morgan fingerprint density at radius 2 is 1.47 bits per heavy atom. The van der Waals surface area contributed by atoms with E-state index in [1.807, 2.05) is 49.4 Å². The number of amides is 1. The molecule has 2 N–H and O–H groups in total. The van der Waals surface area contributed by atoms with E-state index < -0.39 is 22.0 Å². The van der Waals surface area contributed by atoms with Gasteiger partial charge in [0.25, 0.3) is 0 Å². The van der Waals surface area contributed by atoms with Gasteiger partial charge >= 0.3 is 0 Å². The molecule has 2 atom stereocenters. The Balaban J connectivity index is 1.81. The smallest absolute Gasteiger partial charge is 0.241 e. The predicted octanol–water partition coefficient (Wildman–Crippen LogP) is 4.11. The molecule has 0 aliphatic heterocycles. The number of sulfonamides is 1. The summed E-state index contributed by atoms with van der Waals surface area (Å²) in [6.07, 6.45) is 0.228. The van der Waals surface area contributed by atoms with Crippen molar-refractivity contribution in [3.8, 4) is 0 Å². The van der Waals surface area contributed by atoms with Crippen molar-refractivity contribution in [3.63, 3.8) is 0 Å². The Bertz CT molecular complexity index is 1070. The lowest BCUT2D eigenvalue weighted by Gasteiger charge is -2.22. The molecule has 0 saturated carbocycles. The molecular formula is C23H23ClN2O3S. The number of carbonyl (C=O) groups is 1. The molecular weight excluding hydrogens is 420 g/mol. The van der Waals surface area contributed by atoms with Crippen LogP contribution in [0.15, 0.2) is 89.8 Å². The SMILES string of the molecule is C[C@@H](NC(=O)[C@H](Cc1ccccc1)NS(=O)(=O)c1ccccc1)c1ccc(Cl)cc1. The first-order valence-corrected chi connectivity index (χ1v) is 11.4. The van der Waals surface area contributed by atoms with Crippen molar-refractivity contribution in [2.45, 2.75) is 30.3 Å². The average molecular weight is 443 g/mol. The summed E-state index contributed by atoms with van der Waals surface area (Å²) in [5, 5.41) is 3.51. The van der Waals surface area contributed by atoms with Crippen LogP contribution < -0.4 is 10.0 Å². The van der Waals surface area contributed by atoms with Gasteiger partial charge in [0.2, 0.25) is 15.9 Å². The highest BCUT2D eigenvalue weighted by Crippen LogP contribution is 2.17. The van der Waals surface area contributed by atoms with Gasteiger partial charge in [-0.3, -0.25) is 4.79 Å². The van der Waals surface area contributed by atoms with Crippen molar-refractivity contribution in [1.82, 2.24) is 10.0 Å². The van der Waals surface area contributed by atoms with Crippen LogP contribution in [0.1, 0.15) is 24.1 Å². The summed E-state index contributed by atoms with van der Waals surface area (Å²) in [6.45, 7) is 1.84. The molecule has 156 valence electrons. The van der Waals surface area contributed by atoms with Crippen molar-refractivity contribution in [3.05, 3.63) is 101 Å². The zero-order chi connectivity index (χ0) is 21.6. The summed E-state index contributed by atoms with van der Waals surface area (Å²) in [7, 11) is -3.86. The quantitative estimate of drug-likeness (QED) is 0.551. The lowest BCUT2D eigenvalue weighted by atomic mass is 10.0. The lowest BCUT2D eigenvalue weighted by Crippen LogP contribution is -2.48. The van der Waals surface area contributed by atoms with Crippen molar-refractivity contribution in [2.24, 2.45) is 0 Å². The van der Waals surface area contributed by atoms with Gasteiger partial charge in [0, 0.05) is 5.02 Å². The summed E-state index contributed by atoms with van der Waals surface area (Å²) >= 11 is 5.93. The monoisotopic (exact) mass is 442 g/mol. The van der Waals surface area contributed by atoms with E-state index >= 15 is 0 Å². The summed E-state index contributed by atoms with van der Waals surface area (Å²) < 4.78 is 28.2. The van der Waals surface area contributed by atoms with Gasteiger partial charge in [-0.05, 0) is 48.7 Å². The summed E-state index contributed by atoms with van der Waals surface area (Å²) in [6, 6.07) is 23.2. The number of carbonyl (C=O) groups excluding carboxylic acids is 1. The van der Waals surface area contributed by atoms with Crippen LogP contribution in [-0.2, 0) is 21.2 Å². The van der Waals surface area contributed by atoms with Crippen molar-refractivity contribution >= 4 is 27.5 Å². The topological polar surface area (TPSA) is 75.3 Å². The van der Waals surface area contributed by atoms with E-state index in [4.69, 9.17) is 11.6 Å². The van der Waals surface area contributed by atoms with E-state index in [2.05, 4.69) is 10.0 Å². The number of hydrogen-bond donors (Lipinski definition) is 2. The number of hydrogen-bond acceptors (Lipinski definition) is 3. The van der Waals surface area contributed by atoms with E-state index in [9.17, 15) is 13.2 Å². The predicted molar refractivity (Wildman–Crippen MR) is 119 cm³/mol. The standard InChI is InChI=1S/C23H23ClN2O3S/c1-17(19-12-14-20(24)15-13-19)25-23(27)22(16-18-8-4-2-5-9-18)26-30(28,29)21-10-6-3-7-11-21/h2-15,17,22,26H,16H2,1H3,(H,25,27)/t17-,22+/m1/s1. The maximum absolute atomic E-state index is 13.0. The third kappa shape index (κ3) is 5.92. The molecule has 3 aromatic rings. The molecule has 5 nitrogen and oxygen atoms in total. The Hall–Kier alpha value is -2.67. The average Bonchev–Trinajstić information content (AvgIpc) is 2.75. The molecule has 0 heterocycles. The van der Waals surface area contributed by atoms with E-state index in [1.165, 1.54) is 12.1 Å². The molecule has 0 radical (unpaired) electrons. The first-order valence-electron chi connectivity index (χ1n) is 9.52. The summed E-state index contributed by atoms with van der Waals surface area (Å²) in [4.78, 5) is 13.2. The molecule has 0 unspecified atom stereocenters. The molecule has 0 aliphatic carbocycles. The van der Waals surface area contributed by atoms with Gasteiger partial charge in [-0.15, -0.1) is 0 Å². The van der Waals surface area contributed by atoms with Crippen LogP contribution in [0.4, 0.5) is 0 Å². The minimum atomic E-state index is -3.86. The summed E-state index contributed by atoms with van der Waals surface area (Å²) in [5.74, 6) is -0.402. The van der Waals surface area contributed by atoms with Crippen LogP contribution in [0.3, 0.4) is 0 Å². The largest absolute Gasteiger partial charge is 0.348 e. The molecule has 0 aromatic heterocycles. The van der Waals surface area contributed by atoms with Gasteiger partial charge in [0.15, 0.2) is 0 Å². The van der Waals surface area contributed by atoms with E-state index in [0.29, 0.717) is 5.02 Å². The first kappa shape index (κ1) is 22.0. The minimum Gasteiger partial charge on any atom is -0.348 e. The Labute approximate surface area is 182 Å². The summed E-state index contributed by atoms with van der Waals surface area (Å²) in [5.41, 5.74) is 1.73. The molecule has 30 heavy (non-hydrogen) atoms. The number of benzene rings is 3. The molecule has 7 heteroatoms. The fraction of sp³-hybridized carbons (Fsp3) is 0.174. The van der Waals surface area contributed by atoms with E-state index in [1.54, 1.807) is 30.3 Å². The van der Waals surface area contributed by atoms with Gasteiger partial charge in [-0.1, -0.05) is 72.3 Å². The lowest BCUT2D eigenvalue weighted by molar-refractivity contribution is -0.123. The molecule has 3 rings (SSSR count). The molecule has 1 amide bonds. The van der Waals surface area contributed by atoms with Crippen LogP contribution in [0.2, 0.25) is 5.02 Å². The minimum absolute atomic E-state index is 0.113. The second-order valence-corrected chi connectivity index (χ2v) is 9.11. The van der Waals surface area contributed by atoms with Crippen LogP contribution in [0.5, 0.6) is 0 Å². The molecule has 0 bridgehead atoms. The van der Waals surface area contributed by atoms with Crippen LogP contribution in [0, 0.1) is 0 Å². The highest BCUT2D eigenvalue weighted by atomic mass is 35.5. The number of rotatable bonds is 8. The Morgan fingerprint density at radius 1 is 0.900 bits per heavy atom. The molecule has 0 aliphatic rings. The molecule has 0 spiro atoms. The highest BCUT2D eigenvalue weighted by molar-refractivity contribution is 7.89. The third-order valence-electron chi connectivity index (χ3n) is 4.68. The van der Waals surface area contributed by atoms with Crippen molar-refractivity contribution in [2.75, 3.05) is 0 Å². The van der Waals surface area contributed by atoms with Crippen molar-refractivity contribution in [1.29, 1.82) is 0 Å².